The first-order valence-corrected chi connectivity index (χ1v) is 6.71. The van der Waals surface area contributed by atoms with Crippen molar-refractivity contribution >= 4 is 40.8 Å². The highest BCUT2D eigenvalue weighted by Crippen LogP contribution is 2.37. The summed E-state index contributed by atoms with van der Waals surface area (Å²) in [4.78, 5) is 14.3. The maximum absolute atomic E-state index is 12.6. The molecule has 0 saturated carbocycles. The molecule has 0 saturated heterocycles. The fourth-order valence-corrected chi connectivity index (χ4v) is 2.32. The normalized spacial score (nSPS) is 11.5. The second kappa shape index (κ2) is 5.95. The van der Waals surface area contributed by atoms with Crippen molar-refractivity contribution in [2.75, 3.05) is 0 Å². The van der Waals surface area contributed by atoms with Gasteiger partial charge in [0.1, 0.15) is 5.69 Å². The minimum Gasteiger partial charge on any atom is -0.476 e. The van der Waals surface area contributed by atoms with Crippen LogP contribution in [0.3, 0.4) is 0 Å². The van der Waals surface area contributed by atoms with Gasteiger partial charge in [-0.05, 0) is 29.8 Å². The molecule has 3 nitrogen and oxygen atoms in total. The molecule has 1 heterocycles. The van der Waals surface area contributed by atoms with Crippen LogP contribution in [-0.4, -0.2) is 16.1 Å². The third-order valence-corrected chi connectivity index (χ3v) is 3.88. The van der Waals surface area contributed by atoms with Gasteiger partial charge in [0.2, 0.25) is 0 Å². The Morgan fingerprint density at radius 3 is 2.09 bits per heavy atom. The number of rotatable bonds is 2. The molecular weight excluding hydrogens is 366 g/mol. The Balaban J connectivity index is 2.68. The van der Waals surface area contributed by atoms with E-state index in [1.807, 2.05) is 0 Å². The summed E-state index contributed by atoms with van der Waals surface area (Å²) in [5.74, 6) is -1.61. The first-order chi connectivity index (χ1) is 10.1. The number of aromatic nitrogens is 1. The summed E-state index contributed by atoms with van der Waals surface area (Å²) in [5.41, 5.74) is -1.93. The minimum absolute atomic E-state index is 0.0420. The highest BCUT2D eigenvalue weighted by molar-refractivity contribution is 6.48. The average Bonchev–Trinajstić information content (AvgIpc) is 2.42. The zero-order valence-electron chi connectivity index (χ0n) is 10.4. The Bertz CT molecular complexity index is 740. The lowest BCUT2D eigenvalue weighted by Crippen LogP contribution is -2.13. The lowest BCUT2D eigenvalue weighted by molar-refractivity contribution is -0.141. The van der Waals surface area contributed by atoms with E-state index in [1.54, 1.807) is 0 Å². The summed E-state index contributed by atoms with van der Waals surface area (Å²) >= 11 is 17.5. The molecule has 0 aliphatic carbocycles. The number of carboxylic acid groups (broad SMARTS) is 1. The topological polar surface area (TPSA) is 50.2 Å². The van der Waals surface area contributed by atoms with E-state index in [2.05, 4.69) is 4.98 Å². The molecule has 0 aliphatic heterocycles. The second-order valence-electron chi connectivity index (χ2n) is 4.15. The Morgan fingerprint density at radius 2 is 1.64 bits per heavy atom. The van der Waals surface area contributed by atoms with Crippen molar-refractivity contribution in [3.8, 4) is 11.1 Å². The second-order valence-corrected chi connectivity index (χ2v) is 5.34. The third kappa shape index (κ3) is 3.29. The van der Waals surface area contributed by atoms with Crippen molar-refractivity contribution in [3.05, 3.63) is 50.7 Å². The van der Waals surface area contributed by atoms with E-state index in [-0.39, 0.29) is 26.2 Å². The molecule has 22 heavy (non-hydrogen) atoms. The first kappa shape index (κ1) is 16.9. The van der Waals surface area contributed by atoms with Crippen molar-refractivity contribution in [3.63, 3.8) is 0 Å². The quantitative estimate of drug-likeness (QED) is 0.718. The molecule has 0 spiro atoms. The van der Waals surface area contributed by atoms with Crippen molar-refractivity contribution in [1.29, 1.82) is 0 Å². The van der Waals surface area contributed by atoms with Crippen LogP contribution in [-0.2, 0) is 6.18 Å². The standard InChI is InChI=1S/C13H5Cl3F3NO2/c14-7-3-5(4-8(15)10(7)16)6-1-2-9(13(17,18)19)20-11(6)12(21)22/h1-4H,(H,21,22). The van der Waals surface area contributed by atoms with E-state index in [0.717, 1.165) is 6.07 Å². The number of carboxylic acids is 1. The highest BCUT2D eigenvalue weighted by Gasteiger charge is 2.34. The molecule has 116 valence electrons. The van der Waals surface area contributed by atoms with Crippen LogP contribution < -0.4 is 0 Å². The third-order valence-electron chi connectivity index (χ3n) is 2.68. The predicted molar refractivity (Wildman–Crippen MR) is 76.7 cm³/mol. The number of alkyl halides is 3. The zero-order valence-corrected chi connectivity index (χ0v) is 12.6. The number of pyridine rings is 1. The van der Waals surface area contributed by atoms with Gasteiger partial charge in [0.25, 0.3) is 0 Å². The van der Waals surface area contributed by atoms with E-state index < -0.39 is 23.5 Å². The summed E-state index contributed by atoms with van der Waals surface area (Å²) in [5, 5.41) is 9.23. The van der Waals surface area contributed by atoms with Crippen LogP contribution in [0.2, 0.25) is 15.1 Å². The van der Waals surface area contributed by atoms with E-state index in [9.17, 15) is 18.0 Å². The summed E-state index contributed by atoms with van der Waals surface area (Å²) in [6.07, 6.45) is -4.75. The molecule has 0 fully saturated rings. The van der Waals surface area contributed by atoms with Crippen LogP contribution in [0.4, 0.5) is 13.2 Å². The van der Waals surface area contributed by atoms with E-state index in [1.165, 1.54) is 12.1 Å². The molecule has 1 N–H and O–H groups in total. The van der Waals surface area contributed by atoms with Gasteiger partial charge in [-0.2, -0.15) is 13.2 Å². The van der Waals surface area contributed by atoms with Crippen LogP contribution in [0.1, 0.15) is 16.2 Å². The fraction of sp³-hybridized carbons (Fsp3) is 0.0769. The van der Waals surface area contributed by atoms with Crippen LogP contribution in [0, 0.1) is 0 Å². The SMILES string of the molecule is O=C(O)c1nc(C(F)(F)F)ccc1-c1cc(Cl)c(Cl)c(Cl)c1. The fourth-order valence-electron chi connectivity index (χ4n) is 1.72. The van der Waals surface area contributed by atoms with Gasteiger partial charge in [-0.25, -0.2) is 9.78 Å². The molecule has 0 atom stereocenters. The monoisotopic (exact) mass is 369 g/mol. The maximum atomic E-state index is 12.6. The minimum atomic E-state index is -4.75. The largest absolute Gasteiger partial charge is 0.476 e. The summed E-state index contributed by atoms with van der Waals surface area (Å²) in [6, 6.07) is 4.27. The van der Waals surface area contributed by atoms with Crippen molar-refractivity contribution in [2.24, 2.45) is 0 Å². The Morgan fingerprint density at radius 1 is 1.09 bits per heavy atom. The van der Waals surface area contributed by atoms with E-state index in [4.69, 9.17) is 39.9 Å². The van der Waals surface area contributed by atoms with Gasteiger partial charge in [0.15, 0.2) is 5.69 Å². The van der Waals surface area contributed by atoms with Crippen molar-refractivity contribution in [1.82, 2.24) is 4.98 Å². The van der Waals surface area contributed by atoms with Gasteiger partial charge in [-0.15, -0.1) is 0 Å². The van der Waals surface area contributed by atoms with Crippen LogP contribution in [0.15, 0.2) is 24.3 Å². The van der Waals surface area contributed by atoms with Crippen molar-refractivity contribution in [2.45, 2.75) is 6.18 Å². The number of nitrogens with zero attached hydrogens (tertiary/aromatic N) is 1. The summed E-state index contributed by atoms with van der Waals surface area (Å²) < 4.78 is 37.9. The van der Waals surface area contributed by atoms with Gasteiger partial charge in [-0.3, -0.25) is 0 Å². The molecule has 0 aliphatic rings. The summed E-state index contributed by atoms with van der Waals surface area (Å²) in [7, 11) is 0. The number of carbonyl (C=O) groups is 1. The molecule has 1 aromatic carbocycles. The average molecular weight is 371 g/mol. The number of aromatic carboxylic acids is 1. The number of benzene rings is 1. The highest BCUT2D eigenvalue weighted by atomic mass is 35.5. The maximum Gasteiger partial charge on any atom is 0.433 e. The Labute approximate surface area is 137 Å². The zero-order chi connectivity index (χ0) is 16.7. The van der Waals surface area contributed by atoms with Gasteiger partial charge >= 0.3 is 12.1 Å². The van der Waals surface area contributed by atoms with E-state index in [0.29, 0.717) is 6.07 Å². The molecule has 1 aromatic heterocycles. The van der Waals surface area contributed by atoms with Crippen LogP contribution in [0.5, 0.6) is 0 Å². The number of hydrogen-bond acceptors (Lipinski definition) is 2. The van der Waals surface area contributed by atoms with Gasteiger partial charge in [-0.1, -0.05) is 34.8 Å². The number of hydrogen-bond donors (Lipinski definition) is 1. The van der Waals surface area contributed by atoms with E-state index >= 15 is 0 Å². The Kier molecular flexibility index (Phi) is 4.56. The lowest BCUT2D eigenvalue weighted by Gasteiger charge is -2.11. The molecular formula is C13H5Cl3F3NO2. The lowest BCUT2D eigenvalue weighted by atomic mass is 10.0. The molecule has 0 bridgehead atoms. The molecule has 0 amide bonds. The van der Waals surface area contributed by atoms with Crippen molar-refractivity contribution < 1.29 is 23.1 Å². The van der Waals surface area contributed by atoms with Gasteiger partial charge < -0.3 is 5.11 Å². The molecule has 9 heteroatoms. The van der Waals surface area contributed by atoms with Gasteiger partial charge in [0.05, 0.1) is 15.1 Å². The van der Waals surface area contributed by atoms with Crippen LogP contribution in [0.25, 0.3) is 11.1 Å². The molecule has 0 unspecified atom stereocenters. The van der Waals surface area contributed by atoms with Gasteiger partial charge in [0, 0.05) is 5.56 Å². The molecule has 2 rings (SSSR count). The Hall–Kier alpha value is -1.50. The predicted octanol–water partition coefficient (Wildman–Crippen LogP) is 5.43. The first-order valence-electron chi connectivity index (χ1n) is 5.57. The summed E-state index contributed by atoms with van der Waals surface area (Å²) in [6.45, 7) is 0. The molecule has 2 aromatic rings. The smallest absolute Gasteiger partial charge is 0.433 e. The van der Waals surface area contributed by atoms with Crippen LogP contribution >= 0.6 is 34.8 Å². The molecule has 0 radical (unpaired) electrons. The number of halogens is 6.